The normalized spacial score (nSPS) is 10.3. The highest BCUT2D eigenvalue weighted by Crippen LogP contribution is 2.37. The van der Waals surface area contributed by atoms with Crippen LogP contribution in [0.5, 0.6) is 23.0 Å². The molecule has 0 aliphatic heterocycles. The lowest BCUT2D eigenvalue weighted by atomic mass is 10.1. The van der Waals surface area contributed by atoms with Crippen molar-refractivity contribution in [2.45, 2.75) is 13.1 Å². The molecule has 6 heteroatoms. The Balaban J connectivity index is 1.76. The van der Waals surface area contributed by atoms with Crippen molar-refractivity contribution < 1.29 is 19.0 Å². The number of benzene rings is 3. The minimum absolute atomic E-state index is 0.191. The van der Waals surface area contributed by atoms with E-state index in [1.54, 1.807) is 31.4 Å². The highest BCUT2D eigenvalue weighted by Gasteiger charge is 2.14. The van der Waals surface area contributed by atoms with Gasteiger partial charge in [0, 0.05) is 18.7 Å². The molecule has 0 aliphatic rings. The zero-order chi connectivity index (χ0) is 20.6. The average molecular weight is 392 g/mol. The second kappa shape index (κ2) is 9.61. The van der Waals surface area contributed by atoms with Gasteiger partial charge >= 0.3 is 0 Å². The first kappa shape index (κ1) is 20.2. The first-order valence-electron chi connectivity index (χ1n) is 9.19. The number of carbonyl (C=O) groups excluding carboxylic acids is 1. The Hall–Kier alpha value is -3.51. The maximum absolute atomic E-state index is 12.5. The van der Waals surface area contributed by atoms with E-state index in [1.165, 1.54) is 7.11 Å². The van der Waals surface area contributed by atoms with Crippen molar-refractivity contribution in [3.8, 4) is 23.0 Å². The summed E-state index contributed by atoms with van der Waals surface area (Å²) in [5.41, 5.74) is 8.12. The highest BCUT2D eigenvalue weighted by molar-refractivity contribution is 5.94. The van der Waals surface area contributed by atoms with Gasteiger partial charge in [0.25, 0.3) is 5.91 Å². The van der Waals surface area contributed by atoms with Crippen LogP contribution in [0.2, 0.25) is 0 Å². The zero-order valence-corrected chi connectivity index (χ0v) is 16.5. The van der Waals surface area contributed by atoms with Gasteiger partial charge in [-0.25, -0.2) is 0 Å². The topological polar surface area (TPSA) is 82.8 Å². The third kappa shape index (κ3) is 5.06. The van der Waals surface area contributed by atoms with E-state index in [9.17, 15) is 4.79 Å². The number of amides is 1. The Bertz CT molecular complexity index is 974. The summed E-state index contributed by atoms with van der Waals surface area (Å²) >= 11 is 0. The first-order valence-corrected chi connectivity index (χ1v) is 9.19. The van der Waals surface area contributed by atoms with Crippen LogP contribution < -0.4 is 25.3 Å². The predicted molar refractivity (Wildman–Crippen MR) is 112 cm³/mol. The molecule has 3 N–H and O–H groups in total. The Morgan fingerprint density at radius 1 is 0.828 bits per heavy atom. The number of ether oxygens (including phenoxy) is 3. The highest BCUT2D eigenvalue weighted by atomic mass is 16.5. The Morgan fingerprint density at radius 2 is 1.48 bits per heavy atom. The van der Waals surface area contributed by atoms with Crippen LogP contribution in [0.4, 0.5) is 0 Å². The second-order valence-corrected chi connectivity index (χ2v) is 6.33. The fourth-order valence-corrected chi connectivity index (χ4v) is 2.82. The molecule has 0 radical (unpaired) electrons. The van der Waals surface area contributed by atoms with Crippen molar-refractivity contribution in [3.05, 3.63) is 83.4 Å². The van der Waals surface area contributed by atoms with E-state index in [0.717, 1.165) is 11.1 Å². The summed E-state index contributed by atoms with van der Waals surface area (Å²) in [4.78, 5) is 12.5. The van der Waals surface area contributed by atoms with Crippen LogP contribution in [-0.4, -0.2) is 20.1 Å². The number of rotatable bonds is 8. The number of hydrogen-bond donors (Lipinski definition) is 2. The van der Waals surface area contributed by atoms with E-state index >= 15 is 0 Å². The Kier molecular flexibility index (Phi) is 6.71. The number of carbonyl (C=O) groups is 1. The number of nitrogens with one attached hydrogen (secondary N) is 1. The third-order valence-electron chi connectivity index (χ3n) is 4.41. The Morgan fingerprint density at radius 3 is 2.14 bits per heavy atom. The fraction of sp³-hybridized carbons (Fsp3) is 0.174. The maximum Gasteiger partial charge on any atom is 0.251 e. The average Bonchev–Trinajstić information content (AvgIpc) is 2.78. The molecular formula is C23H24N2O4. The summed E-state index contributed by atoms with van der Waals surface area (Å²) in [6.07, 6.45) is 0. The van der Waals surface area contributed by atoms with Gasteiger partial charge < -0.3 is 25.3 Å². The van der Waals surface area contributed by atoms with Crippen molar-refractivity contribution in [2.24, 2.45) is 5.73 Å². The SMILES string of the molecule is COc1cc(CN)ccc1Oc1ccc(C(=O)NCc2ccccc2)cc1OC. The van der Waals surface area contributed by atoms with E-state index in [2.05, 4.69) is 5.32 Å². The molecule has 0 saturated heterocycles. The van der Waals surface area contributed by atoms with Gasteiger partial charge in [-0.1, -0.05) is 36.4 Å². The lowest BCUT2D eigenvalue weighted by molar-refractivity contribution is 0.0950. The van der Waals surface area contributed by atoms with Crippen LogP contribution in [0.25, 0.3) is 0 Å². The molecule has 0 heterocycles. The summed E-state index contributed by atoms with van der Waals surface area (Å²) in [5, 5.41) is 2.90. The lowest BCUT2D eigenvalue weighted by Crippen LogP contribution is -2.22. The summed E-state index contributed by atoms with van der Waals surface area (Å²) in [6.45, 7) is 0.859. The van der Waals surface area contributed by atoms with Crippen LogP contribution in [0.15, 0.2) is 66.7 Å². The molecule has 3 rings (SSSR count). The van der Waals surface area contributed by atoms with E-state index in [1.807, 2.05) is 42.5 Å². The monoisotopic (exact) mass is 392 g/mol. The van der Waals surface area contributed by atoms with Gasteiger partial charge in [0.1, 0.15) is 0 Å². The quantitative estimate of drug-likeness (QED) is 0.608. The van der Waals surface area contributed by atoms with Crippen molar-refractivity contribution in [1.82, 2.24) is 5.32 Å². The second-order valence-electron chi connectivity index (χ2n) is 6.33. The summed E-state index contributed by atoms with van der Waals surface area (Å²) in [5.74, 6) is 1.83. The molecule has 150 valence electrons. The summed E-state index contributed by atoms with van der Waals surface area (Å²) < 4.78 is 16.8. The lowest BCUT2D eigenvalue weighted by Gasteiger charge is -2.15. The van der Waals surface area contributed by atoms with Crippen molar-refractivity contribution in [2.75, 3.05) is 14.2 Å². The zero-order valence-electron chi connectivity index (χ0n) is 16.5. The molecule has 0 aliphatic carbocycles. The largest absolute Gasteiger partial charge is 0.493 e. The molecule has 0 bridgehead atoms. The fourth-order valence-electron chi connectivity index (χ4n) is 2.82. The van der Waals surface area contributed by atoms with Crippen LogP contribution in [0, 0.1) is 0 Å². The van der Waals surface area contributed by atoms with Crippen LogP contribution >= 0.6 is 0 Å². The minimum Gasteiger partial charge on any atom is -0.493 e. The van der Waals surface area contributed by atoms with E-state index in [-0.39, 0.29) is 5.91 Å². The van der Waals surface area contributed by atoms with Crippen molar-refractivity contribution in [3.63, 3.8) is 0 Å². The van der Waals surface area contributed by atoms with E-state index in [0.29, 0.717) is 41.7 Å². The molecule has 29 heavy (non-hydrogen) atoms. The van der Waals surface area contributed by atoms with Crippen LogP contribution in [0.1, 0.15) is 21.5 Å². The van der Waals surface area contributed by atoms with Gasteiger partial charge in [-0.15, -0.1) is 0 Å². The van der Waals surface area contributed by atoms with Gasteiger partial charge in [-0.05, 0) is 41.5 Å². The molecule has 0 unspecified atom stereocenters. The minimum atomic E-state index is -0.191. The maximum atomic E-state index is 12.5. The molecule has 1 amide bonds. The standard InChI is InChI=1S/C23H24N2O4/c1-27-21-12-17(14-24)8-10-19(21)29-20-11-9-18(13-22(20)28-2)23(26)25-15-16-6-4-3-5-7-16/h3-13H,14-15,24H2,1-2H3,(H,25,26). The third-order valence-corrected chi connectivity index (χ3v) is 4.41. The van der Waals surface area contributed by atoms with Gasteiger partial charge in [0.05, 0.1) is 14.2 Å². The van der Waals surface area contributed by atoms with Gasteiger partial charge in [-0.2, -0.15) is 0 Å². The van der Waals surface area contributed by atoms with Crippen molar-refractivity contribution >= 4 is 5.91 Å². The first-order chi connectivity index (χ1) is 14.1. The van der Waals surface area contributed by atoms with Crippen LogP contribution in [-0.2, 0) is 13.1 Å². The van der Waals surface area contributed by atoms with Gasteiger partial charge in [0.2, 0.25) is 0 Å². The molecule has 0 fully saturated rings. The Labute approximate surface area is 170 Å². The molecule has 3 aromatic rings. The molecular weight excluding hydrogens is 368 g/mol. The number of methoxy groups -OCH3 is 2. The number of nitrogens with two attached hydrogens (primary N) is 1. The van der Waals surface area contributed by atoms with Crippen LogP contribution in [0.3, 0.4) is 0 Å². The van der Waals surface area contributed by atoms with Gasteiger partial charge in [-0.3, -0.25) is 4.79 Å². The molecule has 0 aromatic heterocycles. The van der Waals surface area contributed by atoms with E-state index in [4.69, 9.17) is 19.9 Å². The van der Waals surface area contributed by atoms with E-state index < -0.39 is 0 Å². The molecule has 0 spiro atoms. The summed E-state index contributed by atoms with van der Waals surface area (Å²) in [6, 6.07) is 20.3. The smallest absolute Gasteiger partial charge is 0.251 e. The number of hydrogen-bond acceptors (Lipinski definition) is 5. The molecule has 6 nitrogen and oxygen atoms in total. The molecule has 0 saturated carbocycles. The predicted octanol–water partition coefficient (Wildman–Crippen LogP) is 3.88. The van der Waals surface area contributed by atoms with Crippen molar-refractivity contribution in [1.29, 1.82) is 0 Å². The van der Waals surface area contributed by atoms with Gasteiger partial charge in [0.15, 0.2) is 23.0 Å². The molecule has 3 aromatic carbocycles. The summed E-state index contributed by atoms with van der Waals surface area (Å²) in [7, 11) is 3.10. The molecule has 0 atom stereocenters.